The molecule has 0 unspecified atom stereocenters. The molecule has 1 aliphatic carbocycles. The van der Waals surface area contributed by atoms with Gasteiger partial charge in [0.15, 0.2) is 0 Å². The van der Waals surface area contributed by atoms with E-state index in [-0.39, 0.29) is 0 Å². The zero-order valence-electron chi connectivity index (χ0n) is 20.8. The summed E-state index contributed by atoms with van der Waals surface area (Å²) < 4.78 is 1.15. The number of hydrogen-bond donors (Lipinski definition) is 2. The molecule has 178 valence electrons. The second-order valence-corrected chi connectivity index (χ2v) is 10.9. The maximum atomic E-state index is 4.94. The zero-order chi connectivity index (χ0) is 23.4. The highest BCUT2D eigenvalue weighted by Crippen LogP contribution is 2.37. The molecule has 4 rings (SSSR count). The molecule has 7 heteroatoms. The van der Waals surface area contributed by atoms with Crippen LogP contribution in [0.2, 0.25) is 0 Å². The molecule has 1 aliphatic rings. The number of hydrogen-bond acceptors (Lipinski definition) is 7. The fourth-order valence-electron chi connectivity index (χ4n) is 4.38. The molecule has 1 fully saturated rings. The van der Waals surface area contributed by atoms with E-state index in [4.69, 9.17) is 15.0 Å². The van der Waals surface area contributed by atoms with Crippen molar-refractivity contribution < 1.29 is 0 Å². The average Bonchev–Trinajstić information content (AvgIpc) is 3.20. The molecule has 3 aromatic heterocycles. The molecular formula is C26H38N6S. The Morgan fingerprint density at radius 1 is 1.06 bits per heavy atom. The smallest absolute Gasteiger partial charge is 0.224 e. The Bertz CT molecular complexity index is 1080. The van der Waals surface area contributed by atoms with E-state index in [0.717, 1.165) is 69.4 Å². The zero-order valence-corrected chi connectivity index (χ0v) is 21.6. The van der Waals surface area contributed by atoms with Crippen LogP contribution in [-0.2, 0) is 0 Å². The first-order chi connectivity index (χ1) is 15.9. The summed E-state index contributed by atoms with van der Waals surface area (Å²) in [5, 5.41) is 8.09. The van der Waals surface area contributed by atoms with E-state index in [1.165, 1.54) is 38.5 Å². The van der Waals surface area contributed by atoms with Crippen molar-refractivity contribution in [1.29, 1.82) is 0 Å². The number of fused-ring (bicyclic) bond motifs is 1. The monoisotopic (exact) mass is 466 g/mol. The molecule has 1 saturated carbocycles. The first-order valence-electron chi connectivity index (χ1n) is 12.5. The van der Waals surface area contributed by atoms with Gasteiger partial charge in [0.1, 0.15) is 16.3 Å². The fourth-order valence-corrected chi connectivity index (χ4v) is 5.49. The van der Waals surface area contributed by atoms with Crippen LogP contribution in [0.25, 0.3) is 20.8 Å². The molecule has 3 aromatic rings. The summed E-state index contributed by atoms with van der Waals surface area (Å²) in [6.45, 7) is 12.9. The van der Waals surface area contributed by atoms with Gasteiger partial charge in [0, 0.05) is 19.3 Å². The van der Waals surface area contributed by atoms with Crippen LogP contribution >= 0.6 is 11.3 Å². The quantitative estimate of drug-likeness (QED) is 0.296. The minimum absolute atomic E-state index is 0.416. The van der Waals surface area contributed by atoms with Gasteiger partial charge in [-0.1, -0.05) is 40.0 Å². The summed E-state index contributed by atoms with van der Waals surface area (Å²) in [6.07, 6.45) is 10.6. The molecule has 0 amide bonds. The lowest BCUT2D eigenvalue weighted by Crippen LogP contribution is -2.22. The molecule has 0 spiro atoms. The standard InChI is InChI=1S/C26H38N6S/c1-6-26(5,7-2)13-9-14-28-23-21(24-31-22-18(4)27-15-12-20(22)33-24)17(3)30-25(32-23)29-16-19-10-8-11-19/h12,15,19H,6-11,13-14,16H2,1-5H3,(H2,28,29,30,32). The predicted molar refractivity (Wildman–Crippen MR) is 140 cm³/mol. The summed E-state index contributed by atoms with van der Waals surface area (Å²) in [5.74, 6) is 2.36. The van der Waals surface area contributed by atoms with Gasteiger partial charge in [-0.3, -0.25) is 4.98 Å². The summed E-state index contributed by atoms with van der Waals surface area (Å²) in [5.41, 5.74) is 4.31. The van der Waals surface area contributed by atoms with Crippen LogP contribution < -0.4 is 10.6 Å². The Hall–Kier alpha value is -2.28. The highest BCUT2D eigenvalue weighted by molar-refractivity contribution is 7.21. The van der Waals surface area contributed by atoms with Crippen molar-refractivity contribution in [3.8, 4) is 10.6 Å². The summed E-state index contributed by atoms with van der Waals surface area (Å²) in [4.78, 5) is 19.1. The third-order valence-electron chi connectivity index (χ3n) is 7.52. The molecule has 0 radical (unpaired) electrons. The van der Waals surface area contributed by atoms with E-state index >= 15 is 0 Å². The Kier molecular flexibility index (Phi) is 7.47. The Morgan fingerprint density at radius 2 is 1.85 bits per heavy atom. The van der Waals surface area contributed by atoms with Gasteiger partial charge in [-0.2, -0.15) is 4.98 Å². The molecule has 0 aliphatic heterocycles. The van der Waals surface area contributed by atoms with Gasteiger partial charge in [0.2, 0.25) is 5.95 Å². The average molecular weight is 467 g/mol. The van der Waals surface area contributed by atoms with Crippen LogP contribution in [0.3, 0.4) is 0 Å². The second kappa shape index (κ2) is 10.3. The number of aryl methyl sites for hydroxylation is 2. The lowest BCUT2D eigenvalue weighted by atomic mass is 9.80. The molecule has 0 bridgehead atoms. The number of anilines is 2. The Balaban J connectivity index is 1.59. The van der Waals surface area contributed by atoms with Crippen LogP contribution in [0.4, 0.5) is 11.8 Å². The van der Waals surface area contributed by atoms with Gasteiger partial charge in [-0.15, -0.1) is 11.3 Å². The van der Waals surface area contributed by atoms with Crippen molar-refractivity contribution in [2.45, 2.75) is 79.6 Å². The first kappa shape index (κ1) is 23.9. The van der Waals surface area contributed by atoms with Crippen molar-refractivity contribution >= 4 is 33.3 Å². The molecule has 2 N–H and O–H groups in total. The predicted octanol–water partition coefficient (Wildman–Crippen LogP) is 7.00. The molecule has 33 heavy (non-hydrogen) atoms. The van der Waals surface area contributed by atoms with Crippen LogP contribution in [0.5, 0.6) is 0 Å². The molecule has 0 atom stereocenters. The fraction of sp³-hybridized carbons (Fsp3) is 0.615. The van der Waals surface area contributed by atoms with Gasteiger partial charge < -0.3 is 10.6 Å². The summed E-state index contributed by atoms with van der Waals surface area (Å²) >= 11 is 1.69. The molecule has 6 nitrogen and oxygen atoms in total. The van der Waals surface area contributed by atoms with E-state index in [0.29, 0.717) is 5.41 Å². The summed E-state index contributed by atoms with van der Waals surface area (Å²) in [6, 6.07) is 2.04. The highest BCUT2D eigenvalue weighted by atomic mass is 32.1. The van der Waals surface area contributed by atoms with Crippen LogP contribution in [0.1, 0.15) is 77.1 Å². The number of pyridine rings is 1. The first-order valence-corrected chi connectivity index (χ1v) is 13.3. The lowest BCUT2D eigenvalue weighted by Gasteiger charge is -2.27. The number of aromatic nitrogens is 4. The SMILES string of the molecule is CCC(C)(CC)CCCNc1nc(NCC2CCC2)nc(C)c1-c1nc2c(C)nccc2s1. The molecule has 0 aromatic carbocycles. The topological polar surface area (TPSA) is 75.6 Å². The van der Waals surface area contributed by atoms with Crippen molar-refractivity contribution in [2.24, 2.45) is 11.3 Å². The normalized spacial score (nSPS) is 14.5. The number of rotatable bonds is 11. The van der Waals surface area contributed by atoms with Gasteiger partial charge >= 0.3 is 0 Å². The van der Waals surface area contributed by atoms with Gasteiger partial charge in [0.05, 0.1) is 21.7 Å². The largest absolute Gasteiger partial charge is 0.369 e. The van der Waals surface area contributed by atoms with Crippen molar-refractivity contribution in [2.75, 3.05) is 23.7 Å². The van der Waals surface area contributed by atoms with Crippen molar-refractivity contribution in [3.05, 3.63) is 23.7 Å². The Morgan fingerprint density at radius 3 is 2.52 bits per heavy atom. The van der Waals surface area contributed by atoms with Gasteiger partial charge in [-0.25, -0.2) is 9.97 Å². The van der Waals surface area contributed by atoms with Crippen LogP contribution in [-0.4, -0.2) is 33.0 Å². The van der Waals surface area contributed by atoms with E-state index < -0.39 is 0 Å². The third kappa shape index (κ3) is 5.45. The maximum Gasteiger partial charge on any atom is 0.224 e. The maximum absolute atomic E-state index is 4.94. The van der Waals surface area contributed by atoms with Gasteiger partial charge in [-0.05, 0) is 56.9 Å². The van der Waals surface area contributed by atoms with E-state index in [9.17, 15) is 0 Å². The van der Waals surface area contributed by atoms with E-state index in [1.807, 2.05) is 19.2 Å². The molecular weight excluding hydrogens is 428 g/mol. The number of nitrogens with zero attached hydrogens (tertiary/aromatic N) is 4. The molecule has 0 saturated heterocycles. The Labute approximate surface area is 202 Å². The van der Waals surface area contributed by atoms with Crippen molar-refractivity contribution in [3.63, 3.8) is 0 Å². The number of nitrogens with one attached hydrogen (secondary N) is 2. The van der Waals surface area contributed by atoms with E-state index in [2.05, 4.69) is 43.3 Å². The summed E-state index contributed by atoms with van der Waals surface area (Å²) in [7, 11) is 0. The second-order valence-electron chi connectivity index (χ2n) is 9.84. The van der Waals surface area contributed by atoms with Crippen LogP contribution in [0, 0.1) is 25.2 Å². The lowest BCUT2D eigenvalue weighted by molar-refractivity contribution is 0.268. The van der Waals surface area contributed by atoms with E-state index in [1.54, 1.807) is 11.3 Å². The van der Waals surface area contributed by atoms with Crippen LogP contribution in [0.15, 0.2) is 12.3 Å². The molecule has 3 heterocycles. The van der Waals surface area contributed by atoms with Crippen molar-refractivity contribution in [1.82, 2.24) is 19.9 Å². The minimum atomic E-state index is 0.416. The minimum Gasteiger partial charge on any atom is -0.369 e. The third-order valence-corrected chi connectivity index (χ3v) is 8.56. The highest BCUT2D eigenvalue weighted by Gasteiger charge is 2.22. The number of thiazole rings is 1. The van der Waals surface area contributed by atoms with Gasteiger partial charge in [0.25, 0.3) is 0 Å².